The van der Waals surface area contributed by atoms with Crippen LogP contribution >= 0.6 is 0 Å². The highest BCUT2D eigenvalue weighted by Gasteiger charge is 2.73. The number of hydrogen-bond donors (Lipinski definition) is 15. The van der Waals surface area contributed by atoms with E-state index in [9.17, 15) is 81.4 Å². The summed E-state index contributed by atoms with van der Waals surface area (Å²) in [6.07, 6.45) is -31.9. The van der Waals surface area contributed by atoms with E-state index in [-0.39, 0.29) is 36.5 Å². The fraction of sp³-hybridized carbons (Fsp3) is 0.905. The van der Waals surface area contributed by atoms with Gasteiger partial charge < -0.3 is 129 Å². The Hall–Kier alpha value is -2.54. The van der Waals surface area contributed by atoms with Crippen molar-refractivity contribution in [2.75, 3.05) is 26.4 Å². The van der Waals surface area contributed by atoms with Crippen LogP contribution < -0.4 is 0 Å². The summed E-state index contributed by atoms with van der Waals surface area (Å²) in [6.45, 7) is 15.8. The molecule has 0 radical (unpaired) electrons. The molecule has 0 spiro atoms. The fourth-order valence-corrected chi connectivity index (χ4v) is 18.2. The Kier molecular flexibility index (Phi) is 20.4. The third kappa shape index (κ3) is 11.9. The molecule has 5 aliphatic carbocycles. The van der Waals surface area contributed by atoms with Gasteiger partial charge in [-0.2, -0.15) is 0 Å². The first-order valence-electron chi connectivity index (χ1n) is 32.2. The van der Waals surface area contributed by atoms with Gasteiger partial charge in [0.1, 0.15) is 97.5 Å². The summed E-state index contributed by atoms with van der Waals surface area (Å²) in [6, 6.07) is 0. The number of rotatable bonds is 14. The summed E-state index contributed by atoms with van der Waals surface area (Å²) in [5, 5.41) is 170. The maximum atomic E-state index is 15.6. The first-order valence-corrected chi connectivity index (χ1v) is 32.2. The molecule has 0 bridgehead atoms. The lowest BCUT2D eigenvalue weighted by Gasteiger charge is -2.72. The molecule has 0 amide bonds. The fourth-order valence-electron chi connectivity index (χ4n) is 18.2. The van der Waals surface area contributed by atoms with Gasteiger partial charge in [0.25, 0.3) is 0 Å². The van der Waals surface area contributed by atoms with E-state index in [4.69, 9.17) is 52.1 Å². The maximum absolute atomic E-state index is 15.6. The van der Waals surface area contributed by atoms with Gasteiger partial charge in [0.05, 0.1) is 56.4 Å². The average molecular weight is 1310 g/mol. The number of fused-ring (bicyclic) bond motifs is 7. The quantitative estimate of drug-likeness (QED) is 0.0372. The lowest BCUT2D eigenvalue weighted by molar-refractivity contribution is -0.420. The highest BCUT2D eigenvalue weighted by atomic mass is 16.8. The molecule has 5 aliphatic heterocycles. The minimum atomic E-state index is -2.66. The van der Waals surface area contributed by atoms with Crippen LogP contribution in [0.25, 0.3) is 0 Å². The van der Waals surface area contributed by atoms with Gasteiger partial charge in [0.2, 0.25) is 5.79 Å². The normalized spacial score (nSPS) is 54.1. The van der Waals surface area contributed by atoms with Gasteiger partial charge in [-0.15, -0.1) is 0 Å². The third-order valence-corrected chi connectivity index (χ3v) is 23.7. The number of carbonyl (C=O) groups excluding carboxylic acids is 2. The minimum Gasteiger partial charge on any atom is -0.459 e. The van der Waals surface area contributed by atoms with Crippen LogP contribution in [0.3, 0.4) is 0 Å². The topological polar surface area (TPSA) is 439 Å². The van der Waals surface area contributed by atoms with Gasteiger partial charge in [0, 0.05) is 11.5 Å². The predicted molar refractivity (Wildman–Crippen MR) is 308 cm³/mol. The van der Waals surface area contributed by atoms with Crippen molar-refractivity contribution in [3.05, 3.63) is 23.8 Å². The van der Waals surface area contributed by atoms with E-state index in [0.29, 0.717) is 32.1 Å². The number of carbonyl (C=O) groups is 2. The van der Waals surface area contributed by atoms with Crippen molar-refractivity contribution in [1.29, 1.82) is 0 Å². The SMILES string of the molecule is C/C=C/C(=O)O[C@@H]1CO[C@@](COC(=O)[C@]23CCC(C)(C)C[C@H]2C2=CC[C@@H]4[C@@]5(C)C[C@H](O)[C@H](O[C@@H]6O[C@@H](C)[C@H](O)[C@@H](O)[C@H]6O)[C@@](C)(CO)[C@@H]5CC[C@@]4(C)[C@]2(C)C[C@H]3O)(O[C@@H]2O[C@@H](C)[C@H](O[C@@H]3OC[C@@H](O)[C@H](O[C@@H]4O[C@@H](C)[C@H](O)[C@@H](O)[C@H]4O)[C@H]3O)[C@@H](O)[C@H]2O)[C@@H](O)[C@@H]1O. The Balaban J connectivity index is 0.895. The van der Waals surface area contributed by atoms with Crippen LogP contribution in [0.1, 0.15) is 121 Å². The van der Waals surface area contributed by atoms with Crippen LogP contribution in [0.15, 0.2) is 23.8 Å². The molecule has 15 N–H and O–H groups in total. The minimum absolute atomic E-state index is 0.0942. The van der Waals surface area contributed by atoms with Crippen molar-refractivity contribution in [2.45, 2.75) is 280 Å². The predicted octanol–water partition coefficient (Wildman–Crippen LogP) is -2.45. The van der Waals surface area contributed by atoms with E-state index in [0.717, 1.165) is 11.6 Å². The number of esters is 2. The molecule has 9 fully saturated rings. The van der Waals surface area contributed by atoms with Gasteiger partial charge in [-0.3, -0.25) is 4.79 Å². The molecule has 28 heteroatoms. The zero-order chi connectivity index (χ0) is 66.8. The Morgan fingerprint density at radius 2 is 1.23 bits per heavy atom. The molecule has 0 aromatic carbocycles. The molecule has 10 rings (SSSR count). The summed E-state index contributed by atoms with van der Waals surface area (Å²) < 4.78 is 65.2. The monoisotopic (exact) mass is 1300 g/mol. The van der Waals surface area contributed by atoms with Gasteiger partial charge in [0.15, 0.2) is 31.3 Å². The molecule has 520 valence electrons. The van der Waals surface area contributed by atoms with Crippen LogP contribution in [0.4, 0.5) is 0 Å². The second-order valence-electron chi connectivity index (χ2n) is 29.7. The van der Waals surface area contributed by atoms with Crippen molar-refractivity contribution >= 4 is 11.9 Å². The van der Waals surface area contributed by atoms with Crippen LogP contribution in [-0.4, -0.2) is 274 Å². The van der Waals surface area contributed by atoms with Crippen LogP contribution in [0.5, 0.6) is 0 Å². The Morgan fingerprint density at radius 1 is 0.626 bits per heavy atom. The molecule has 28 nitrogen and oxygen atoms in total. The molecule has 0 unspecified atom stereocenters. The maximum Gasteiger partial charge on any atom is 0.330 e. The van der Waals surface area contributed by atoms with E-state index in [1.807, 2.05) is 6.92 Å². The van der Waals surface area contributed by atoms with E-state index in [1.54, 1.807) is 6.92 Å². The van der Waals surface area contributed by atoms with Gasteiger partial charge >= 0.3 is 11.9 Å². The molecular formula is C63H100O28. The molecule has 10 aliphatic rings. The molecular weight excluding hydrogens is 1200 g/mol. The van der Waals surface area contributed by atoms with Crippen molar-refractivity contribution in [1.82, 2.24) is 0 Å². The van der Waals surface area contributed by atoms with Gasteiger partial charge in [-0.1, -0.05) is 59.3 Å². The average Bonchev–Trinajstić information content (AvgIpc) is 0.671. The molecule has 0 aromatic rings. The number of hydrogen-bond acceptors (Lipinski definition) is 28. The highest BCUT2D eigenvalue weighted by Crippen LogP contribution is 2.76. The highest BCUT2D eigenvalue weighted by molar-refractivity contribution is 5.82. The summed E-state index contributed by atoms with van der Waals surface area (Å²) in [4.78, 5) is 28.3. The second kappa shape index (κ2) is 26.0. The first-order chi connectivity index (χ1) is 42.5. The first kappa shape index (κ1) is 71.2. The Morgan fingerprint density at radius 3 is 1.86 bits per heavy atom. The number of ether oxygens (including phenoxy) is 11. The van der Waals surface area contributed by atoms with E-state index in [1.165, 1.54) is 26.8 Å². The summed E-state index contributed by atoms with van der Waals surface area (Å²) >= 11 is 0. The number of aliphatic hydroxyl groups is 15. The molecule has 34 atom stereocenters. The van der Waals surface area contributed by atoms with Crippen LogP contribution in [0, 0.1) is 50.2 Å². The summed E-state index contributed by atoms with van der Waals surface area (Å²) in [7, 11) is 0. The molecule has 4 saturated carbocycles. The third-order valence-electron chi connectivity index (χ3n) is 23.7. The lowest BCUT2D eigenvalue weighted by Crippen LogP contribution is -2.70. The zero-order valence-corrected chi connectivity index (χ0v) is 53.4. The Bertz CT molecular complexity index is 2650. The second-order valence-corrected chi connectivity index (χ2v) is 29.7. The van der Waals surface area contributed by atoms with E-state index < -0.39 is 230 Å². The standard InChI is InChI=1S/C63H100O28/c1-11-12-37(68)87-33-23-83-63(50(79)40(33)71,91-55-46(77)43(74)48(28(4)86-55)88-52-47(78)49(32(66)22-81-52)89-53-44(75)41(72)38(69)26(2)84-53)25-82-56(80)62-18-17-57(5,6)19-30(62)29-13-14-35-58(7)20-31(65)51(90-54-45(76)42(73)39(70)27(3)85-54)59(8,24-64)34(58)15-16-60(35,9)61(29,10)21-36(62)67/h11-13,26-28,30-36,38-55,64-67,69-79H,14-25H2,1-10H3/b12-11+/t26-,27-,28-,30-,31-,32+,33+,34+,35+,36+,38-,39-,40+,41+,42+,43-,44+,45+,46+,47+,48-,49-,50-,51-,52-,53-,54-,55-,58-,59-,60+,61+,62+,63-/m0/s1. The largest absolute Gasteiger partial charge is 0.459 e. The number of aliphatic hydroxyl groups excluding tert-OH is 15. The van der Waals surface area contributed by atoms with Crippen molar-refractivity contribution < 1.29 is 138 Å². The van der Waals surface area contributed by atoms with Gasteiger partial charge in [-0.05, 0) is 118 Å². The molecule has 91 heavy (non-hydrogen) atoms. The number of allylic oxidation sites excluding steroid dienone is 3. The van der Waals surface area contributed by atoms with Crippen molar-refractivity contribution in [2.24, 2.45) is 50.2 Å². The van der Waals surface area contributed by atoms with E-state index in [2.05, 4.69) is 40.7 Å². The van der Waals surface area contributed by atoms with Crippen LogP contribution in [0.2, 0.25) is 0 Å². The molecule has 5 heterocycles. The zero-order valence-electron chi connectivity index (χ0n) is 53.4. The molecule has 5 saturated heterocycles. The van der Waals surface area contributed by atoms with Crippen LogP contribution in [-0.2, 0) is 61.7 Å². The summed E-state index contributed by atoms with van der Waals surface area (Å²) in [5.41, 5.74) is -4.10. The molecule has 0 aromatic heterocycles. The van der Waals surface area contributed by atoms with E-state index >= 15 is 4.79 Å². The lowest BCUT2D eigenvalue weighted by atomic mass is 9.33. The van der Waals surface area contributed by atoms with Gasteiger partial charge in [-0.25, -0.2) is 4.79 Å². The summed E-state index contributed by atoms with van der Waals surface area (Å²) in [5.74, 6) is -5.47. The van der Waals surface area contributed by atoms with Crippen molar-refractivity contribution in [3.63, 3.8) is 0 Å². The Labute approximate surface area is 528 Å². The smallest absolute Gasteiger partial charge is 0.330 e. The van der Waals surface area contributed by atoms with Crippen molar-refractivity contribution in [3.8, 4) is 0 Å².